The molecule has 0 aromatic heterocycles. The summed E-state index contributed by atoms with van der Waals surface area (Å²) < 4.78 is 43.6. The van der Waals surface area contributed by atoms with Crippen LogP contribution in [0, 0.1) is 3.57 Å². The van der Waals surface area contributed by atoms with Gasteiger partial charge in [-0.3, -0.25) is 9.59 Å². The van der Waals surface area contributed by atoms with E-state index < -0.39 is 23.6 Å². The minimum absolute atomic E-state index is 0.00827. The van der Waals surface area contributed by atoms with E-state index in [1.54, 1.807) is 6.07 Å². The number of carbonyl (C=O) groups excluding carboxylic acids is 2. The third-order valence-corrected chi connectivity index (χ3v) is 4.55. The number of halogens is 4. The van der Waals surface area contributed by atoms with Gasteiger partial charge in [0.05, 0.1) is 22.5 Å². The summed E-state index contributed by atoms with van der Waals surface area (Å²) in [6, 6.07) is 7.36. The maximum atomic E-state index is 12.7. The minimum Gasteiger partial charge on any atom is -0.504 e. The van der Waals surface area contributed by atoms with Crippen LogP contribution in [-0.4, -0.2) is 30.2 Å². The first-order valence-corrected chi connectivity index (χ1v) is 9.53. The van der Waals surface area contributed by atoms with Crippen LogP contribution in [0.4, 0.5) is 18.9 Å². The van der Waals surface area contributed by atoms with Crippen LogP contribution in [-0.2, 0) is 15.8 Å². The van der Waals surface area contributed by atoms with Crippen molar-refractivity contribution in [2.75, 3.05) is 12.4 Å². The van der Waals surface area contributed by atoms with Crippen LogP contribution in [0.2, 0.25) is 0 Å². The fraction of sp³-hybridized carbons (Fsp3) is 0.211. The Hall–Kier alpha value is -2.83. The maximum Gasteiger partial charge on any atom is 0.416 e. The Morgan fingerprint density at radius 1 is 1.20 bits per heavy atom. The lowest BCUT2D eigenvalue weighted by molar-refractivity contribution is -0.137. The molecule has 2 rings (SSSR count). The van der Waals surface area contributed by atoms with E-state index in [1.165, 1.54) is 31.5 Å². The first kappa shape index (κ1) is 23.4. The van der Waals surface area contributed by atoms with Gasteiger partial charge in [-0.25, -0.2) is 5.43 Å². The van der Waals surface area contributed by atoms with Gasteiger partial charge in [0.25, 0.3) is 0 Å². The summed E-state index contributed by atoms with van der Waals surface area (Å²) in [6.45, 7) is 0. The molecule has 2 aromatic carbocycles. The monoisotopic (exact) mass is 535 g/mol. The van der Waals surface area contributed by atoms with Crippen LogP contribution in [0.3, 0.4) is 0 Å². The number of carbonyl (C=O) groups is 2. The number of hydrogen-bond acceptors (Lipinski definition) is 5. The zero-order valence-corrected chi connectivity index (χ0v) is 17.7. The van der Waals surface area contributed by atoms with Crippen molar-refractivity contribution in [3.63, 3.8) is 0 Å². The third kappa shape index (κ3) is 6.90. The molecule has 160 valence electrons. The molecule has 2 amide bonds. The highest BCUT2D eigenvalue weighted by molar-refractivity contribution is 14.1. The first-order valence-electron chi connectivity index (χ1n) is 8.45. The standard InChI is InChI=1S/C19H17F3IN3O4/c1-30-15-8-11(7-14(23)18(15)29)10-24-26-17(28)6-5-16(27)25-13-4-2-3-12(9-13)19(20,21)22/h2-4,7-10,29H,5-6H2,1H3,(H,25,27)(H,26,28)/b24-10+. The SMILES string of the molecule is COc1cc(/C=N/NC(=O)CCC(=O)Nc2cccc(C(F)(F)F)c2)cc(I)c1O. The fourth-order valence-electron chi connectivity index (χ4n) is 2.28. The van der Waals surface area contributed by atoms with E-state index >= 15 is 0 Å². The zero-order chi connectivity index (χ0) is 22.3. The lowest BCUT2D eigenvalue weighted by Gasteiger charge is -2.09. The number of rotatable bonds is 7. The molecule has 0 heterocycles. The molecule has 0 aliphatic carbocycles. The van der Waals surface area contributed by atoms with Crippen molar-refractivity contribution in [2.24, 2.45) is 5.10 Å². The molecular weight excluding hydrogens is 518 g/mol. The predicted molar refractivity (Wildman–Crippen MR) is 112 cm³/mol. The third-order valence-electron chi connectivity index (χ3n) is 3.73. The van der Waals surface area contributed by atoms with Crippen molar-refractivity contribution in [1.29, 1.82) is 0 Å². The summed E-state index contributed by atoms with van der Waals surface area (Å²) in [5, 5.41) is 15.9. The van der Waals surface area contributed by atoms with E-state index in [2.05, 4.69) is 15.8 Å². The molecule has 0 atom stereocenters. The number of aromatic hydroxyl groups is 1. The molecule has 0 bridgehead atoms. The summed E-state index contributed by atoms with van der Waals surface area (Å²) in [7, 11) is 1.40. The Labute approximate surface area is 183 Å². The Morgan fingerprint density at radius 3 is 2.57 bits per heavy atom. The van der Waals surface area contributed by atoms with Crippen molar-refractivity contribution in [3.05, 3.63) is 51.1 Å². The molecule has 0 aliphatic heterocycles. The van der Waals surface area contributed by atoms with E-state index in [0.29, 0.717) is 9.13 Å². The molecule has 0 saturated carbocycles. The van der Waals surface area contributed by atoms with Gasteiger partial charge < -0.3 is 15.2 Å². The predicted octanol–water partition coefficient (Wildman–Crippen LogP) is 3.89. The van der Waals surface area contributed by atoms with Gasteiger partial charge >= 0.3 is 6.18 Å². The van der Waals surface area contributed by atoms with Gasteiger partial charge in [0.15, 0.2) is 11.5 Å². The molecule has 0 saturated heterocycles. The first-order chi connectivity index (χ1) is 14.1. The average molecular weight is 535 g/mol. The molecular formula is C19H17F3IN3O4. The van der Waals surface area contributed by atoms with Gasteiger partial charge in [0, 0.05) is 18.5 Å². The number of hydrogen-bond donors (Lipinski definition) is 3. The highest BCUT2D eigenvalue weighted by Crippen LogP contribution is 2.32. The number of nitrogens with one attached hydrogen (secondary N) is 2. The zero-order valence-electron chi connectivity index (χ0n) is 15.6. The number of alkyl halides is 3. The van der Waals surface area contributed by atoms with E-state index in [4.69, 9.17) is 4.74 Å². The highest BCUT2D eigenvalue weighted by Gasteiger charge is 2.30. The summed E-state index contributed by atoms with van der Waals surface area (Å²) >= 11 is 1.91. The van der Waals surface area contributed by atoms with Crippen LogP contribution in [0.1, 0.15) is 24.0 Å². The van der Waals surface area contributed by atoms with Gasteiger partial charge in [-0.2, -0.15) is 18.3 Å². The summed E-state index contributed by atoms with van der Waals surface area (Å²) in [5.74, 6) is -0.913. The number of benzene rings is 2. The minimum atomic E-state index is -4.52. The second-order valence-electron chi connectivity index (χ2n) is 5.97. The van der Waals surface area contributed by atoms with Crippen LogP contribution in [0.15, 0.2) is 41.5 Å². The lowest BCUT2D eigenvalue weighted by Crippen LogP contribution is -2.20. The van der Waals surface area contributed by atoms with Crippen LogP contribution in [0.5, 0.6) is 11.5 Å². The number of methoxy groups -OCH3 is 1. The fourth-order valence-corrected chi connectivity index (χ4v) is 2.91. The Bertz CT molecular complexity index is 965. The number of amides is 2. The van der Waals surface area contributed by atoms with Crippen molar-refractivity contribution < 1.29 is 32.6 Å². The van der Waals surface area contributed by atoms with Crippen molar-refractivity contribution in [1.82, 2.24) is 5.43 Å². The van der Waals surface area contributed by atoms with E-state index in [9.17, 15) is 27.9 Å². The van der Waals surface area contributed by atoms with Gasteiger partial charge in [-0.15, -0.1) is 0 Å². The quantitative estimate of drug-likeness (QED) is 0.285. The molecule has 30 heavy (non-hydrogen) atoms. The molecule has 0 fully saturated rings. The number of phenols is 1. The molecule has 11 heteroatoms. The normalized spacial score (nSPS) is 11.4. The van der Waals surface area contributed by atoms with Crippen LogP contribution >= 0.6 is 22.6 Å². The smallest absolute Gasteiger partial charge is 0.416 e. The number of hydrazone groups is 1. The number of phenolic OH excluding ortho intramolecular Hbond substituents is 1. The van der Waals surface area contributed by atoms with E-state index in [-0.39, 0.29) is 30.0 Å². The van der Waals surface area contributed by atoms with Gasteiger partial charge in [-0.1, -0.05) is 6.07 Å². The maximum absolute atomic E-state index is 12.7. The lowest BCUT2D eigenvalue weighted by atomic mass is 10.2. The molecule has 2 aromatic rings. The van der Waals surface area contributed by atoms with Crippen molar-refractivity contribution >= 4 is 46.3 Å². The molecule has 3 N–H and O–H groups in total. The van der Waals surface area contributed by atoms with E-state index in [1.807, 2.05) is 22.6 Å². The summed E-state index contributed by atoms with van der Waals surface area (Å²) in [5.41, 5.74) is 1.92. The molecule has 0 aliphatic rings. The molecule has 0 radical (unpaired) electrons. The van der Waals surface area contributed by atoms with Crippen molar-refractivity contribution in [3.8, 4) is 11.5 Å². The second kappa shape index (κ2) is 10.3. The number of anilines is 1. The Balaban J connectivity index is 1.84. The van der Waals surface area contributed by atoms with Gasteiger partial charge in [0.1, 0.15) is 0 Å². The number of ether oxygens (including phenoxy) is 1. The molecule has 0 unspecified atom stereocenters. The van der Waals surface area contributed by atoms with Crippen molar-refractivity contribution in [2.45, 2.75) is 19.0 Å². The van der Waals surface area contributed by atoms with E-state index in [0.717, 1.165) is 12.1 Å². The summed E-state index contributed by atoms with van der Waals surface area (Å²) in [6.07, 6.45) is -3.62. The Kier molecular flexibility index (Phi) is 8.03. The topological polar surface area (TPSA) is 100 Å². The Morgan fingerprint density at radius 2 is 1.90 bits per heavy atom. The van der Waals surface area contributed by atoms with Gasteiger partial charge in [-0.05, 0) is 58.5 Å². The summed E-state index contributed by atoms with van der Waals surface area (Å²) in [4.78, 5) is 23.7. The molecule has 0 spiro atoms. The van der Waals surface area contributed by atoms with Crippen LogP contribution in [0.25, 0.3) is 0 Å². The second-order valence-corrected chi connectivity index (χ2v) is 7.14. The van der Waals surface area contributed by atoms with Gasteiger partial charge in [0.2, 0.25) is 11.8 Å². The number of nitrogens with zero attached hydrogens (tertiary/aromatic N) is 1. The average Bonchev–Trinajstić information content (AvgIpc) is 2.68. The van der Waals surface area contributed by atoms with Crippen LogP contribution < -0.4 is 15.5 Å². The largest absolute Gasteiger partial charge is 0.504 e. The highest BCUT2D eigenvalue weighted by atomic mass is 127. The molecule has 7 nitrogen and oxygen atoms in total.